The predicted molar refractivity (Wildman–Crippen MR) is 91.0 cm³/mol. The Balaban J connectivity index is 2.10. The number of methoxy groups -OCH3 is 2. The predicted octanol–water partition coefficient (Wildman–Crippen LogP) is 2.58. The number of amides is 1. The topological polar surface area (TPSA) is 59.6 Å². The van der Waals surface area contributed by atoms with Crippen molar-refractivity contribution in [1.29, 1.82) is 0 Å². The van der Waals surface area contributed by atoms with Gasteiger partial charge >= 0.3 is 0 Å². The average molecular weight is 320 g/mol. The summed E-state index contributed by atoms with van der Waals surface area (Å²) in [7, 11) is 3.25. The summed E-state index contributed by atoms with van der Waals surface area (Å²) in [6, 6.07) is 4.23. The highest BCUT2D eigenvalue weighted by atomic mass is 16.5. The Labute approximate surface area is 138 Å². The number of benzene rings is 1. The molecule has 0 radical (unpaired) electrons. The van der Waals surface area contributed by atoms with Gasteiger partial charge in [0.25, 0.3) is 0 Å². The van der Waals surface area contributed by atoms with Gasteiger partial charge in [-0.1, -0.05) is 0 Å². The second-order valence-electron chi connectivity index (χ2n) is 6.37. The van der Waals surface area contributed by atoms with Crippen LogP contribution in [0.15, 0.2) is 12.1 Å². The van der Waals surface area contributed by atoms with Crippen molar-refractivity contribution in [2.24, 2.45) is 5.92 Å². The zero-order valence-corrected chi connectivity index (χ0v) is 14.7. The third-order valence-electron chi connectivity index (χ3n) is 4.59. The van der Waals surface area contributed by atoms with Crippen LogP contribution in [-0.2, 0) is 4.79 Å². The van der Waals surface area contributed by atoms with Crippen LogP contribution in [0.3, 0.4) is 0 Å². The Bertz CT molecular complexity index is 559. The van der Waals surface area contributed by atoms with Gasteiger partial charge in [-0.25, -0.2) is 0 Å². The lowest BCUT2D eigenvalue weighted by Gasteiger charge is -2.28. The van der Waals surface area contributed by atoms with Crippen LogP contribution in [0.25, 0.3) is 0 Å². The van der Waals surface area contributed by atoms with Crippen LogP contribution in [0.2, 0.25) is 0 Å². The maximum absolute atomic E-state index is 12.5. The second-order valence-corrected chi connectivity index (χ2v) is 6.37. The van der Waals surface area contributed by atoms with E-state index in [1.165, 1.54) is 0 Å². The van der Waals surface area contributed by atoms with E-state index in [4.69, 9.17) is 9.47 Å². The first-order chi connectivity index (χ1) is 11.0. The maximum Gasteiger partial charge on any atom is 0.223 e. The Hall–Kier alpha value is -1.75. The standard InChI is InChI=1S/C18H28N2O3/c1-11-8-16(22-4)17(23-5)10-15(11)13(3)20-18(21)14-6-7-19-12(2)9-14/h8,10,12-14,19H,6-7,9H2,1-5H3,(H,20,21)/t12-,13?,14-/m0/s1. The first-order valence-electron chi connectivity index (χ1n) is 8.22. The normalized spacial score (nSPS) is 22.3. The Morgan fingerprint density at radius 1 is 1.30 bits per heavy atom. The van der Waals surface area contributed by atoms with Crippen molar-refractivity contribution in [3.05, 3.63) is 23.3 Å². The number of carbonyl (C=O) groups is 1. The fraction of sp³-hybridized carbons (Fsp3) is 0.611. The molecule has 1 aromatic rings. The van der Waals surface area contributed by atoms with E-state index in [1.54, 1.807) is 14.2 Å². The molecular formula is C18H28N2O3. The molecule has 2 rings (SSSR count). The lowest BCUT2D eigenvalue weighted by atomic mass is 9.92. The van der Waals surface area contributed by atoms with Gasteiger partial charge in [-0.15, -0.1) is 0 Å². The van der Waals surface area contributed by atoms with Crippen molar-refractivity contribution in [1.82, 2.24) is 10.6 Å². The van der Waals surface area contributed by atoms with Gasteiger partial charge in [0.15, 0.2) is 11.5 Å². The molecule has 0 spiro atoms. The molecule has 1 aromatic carbocycles. The van der Waals surface area contributed by atoms with Crippen LogP contribution in [0.5, 0.6) is 11.5 Å². The minimum Gasteiger partial charge on any atom is -0.493 e. The Kier molecular flexibility index (Phi) is 5.88. The number of rotatable bonds is 5. The highest BCUT2D eigenvalue weighted by Crippen LogP contribution is 2.33. The molecule has 3 atom stereocenters. The molecule has 1 heterocycles. The van der Waals surface area contributed by atoms with Crippen LogP contribution in [0, 0.1) is 12.8 Å². The molecule has 0 aromatic heterocycles. The van der Waals surface area contributed by atoms with Gasteiger partial charge in [0.1, 0.15) is 0 Å². The molecule has 5 heteroatoms. The highest BCUT2D eigenvalue weighted by Gasteiger charge is 2.26. The smallest absolute Gasteiger partial charge is 0.223 e. The van der Waals surface area contributed by atoms with Gasteiger partial charge in [-0.05, 0) is 63.4 Å². The molecule has 23 heavy (non-hydrogen) atoms. The molecule has 0 saturated carbocycles. The van der Waals surface area contributed by atoms with E-state index in [2.05, 4.69) is 17.6 Å². The van der Waals surface area contributed by atoms with Crippen LogP contribution < -0.4 is 20.1 Å². The SMILES string of the molecule is COc1cc(C)c(C(C)NC(=O)[C@H]2CCN[C@@H](C)C2)cc1OC. The number of nitrogens with one attached hydrogen (secondary N) is 2. The summed E-state index contributed by atoms with van der Waals surface area (Å²) in [4.78, 5) is 12.5. The van der Waals surface area contributed by atoms with Gasteiger partial charge in [0.05, 0.1) is 20.3 Å². The summed E-state index contributed by atoms with van der Waals surface area (Å²) in [6.45, 7) is 7.06. The molecule has 1 unspecified atom stereocenters. The fourth-order valence-electron chi connectivity index (χ4n) is 3.24. The molecule has 1 aliphatic heterocycles. The summed E-state index contributed by atoms with van der Waals surface area (Å²) in [5, 5.41) is 6.53. The van der Waals surface area contributed by atoms with Gasteiger partial charge < -0.3 is 20.1 Å². The molecule has 2 N–H and O–H groups in total. The van der Waals surface area contributed by atoms with Crippen molar-refractivity contribution in [3.63, 3.8) is 0 Å². The molecule has 1 aliphatic rings. The van der Waals surface area contributed by atoms with Crippen molar-refractivity contribution in [2.75, 3.05) is 20.8 Å². The summed E-state index contributed by atoms with van der Waals surface area (Å²) in [5.41, 5.74) is 2.13. The minimum atomic E-state index is -0.0625. The molecule has 128 valence electrons. The highest BCUT2D eigenvalue weighted by molar-refractivity contribution is 5.79. The number of aryl methyl sites for hydroxylation is 1. The first-order valence-corrected chi connectivity index (χ1v) is 8.22. The lowest BCUT2D eigenvalue weighted by Crippen LogP contribution is -2.43. The number of ether oxygens (including phenoxy) is 2. The van der Waals surface area contributed by atoms with E-state index < -0.39 is 0 Å². The first kappa shape index (κ1) is 17.6. The minimum absolute atomic E-state index is 0.0625. The van der Waals surface area contributed by atoms with E-state index in [-0.39, 0.29) is 17.9 Å². The molecule has 1 fully saturated rings. The van der Waals surface area contributed by atoms with E-state index in [0.29, 0.717) is 17.5 Å². The molecule has 0 aliphatic carbocycles. The number of hydrogen-bond acceptors (Lipinski definition) is 4. The Morgan fingerprint density at radius 3 is 2.57 bits per heavy atom. The summed E-state index contributed by atoms with van der Waals surface area (Å²) in [5.74, 6) is 1.62. The van der Waals surface area contributed by atoms with Crippen molar-refractivity contribution >= 4 is 5.91 Å². The zero-order valence-electron chi connectivity index (χ0n) is 14.7. The second kappa shape index (κ2) is 7.68. The third-order valence-corrected chi connectivity index (χ3v) is 4.59. The van der Waals surface area contributed by atoms with Crippen molar-refractivity contribution < 1.29 is 14.3 Å². The molecule has 0 bridgehead atoms. The number of carbonyl (C=O) groups excluding carboxylic acids is 1. The quantitative estimate of drug-likeness (QED) is 0.875. The number of hydrogen-bond donors (Lipinski definition) is 2. The van der Waals surface area contributed by atoms with Gasteiger partial charge in [-0.2, -0.15) is 0 Å². The van der Waals surface area contributed by atoms with E-state index in [0.717, 1.165) is 30.5 Å². The van der Waals surface area contributed by atoms with Crippen molar-refractivity contribution in [2.45, 2.75) is 45.7 Å². The van der Waals surface area contributed by atoms with Crippen LogP contribution >= 0.6 is 0 Å². The average Bonchev–Trinajstić information content (AvgIpc) is 2.54. The van der Waals surface area contributed by atoms with Gasteiger partial charge in [0, 0.05) is 12.0 Å². The lowest BCUT2D eigenvalue weighted by molar-refractivity contribution is -0.126. The monoisotopic (exact) mass is 320 g/mol. The molecule has 1 saturated heterocycles. The van der Waals surface area contributed by atoms with Crippen LogP contribution in [-0.4, -0.2) is 32.7 Å². The molecule has 5 nitrogen and oxygen atoms in total. The van der Waals surface area contributed by atoms with Gasteiger partial charge in [-0.3, -0.25) is 4.79 Å². The summed E-state index contributed by atoms with van der Waals surface area (Å²) < 4.78 is 10.7. The van der Waals surface area contributed by atoms with Gasteiger partial charge in [0.2, 0.25) is 5.91 Å². The Morgan fingerprint density at radius 2 is 1.96 bits per heavy atom. The summed E-state index contributed by atoms with van der Waals surface area (Å²) in [6.07, 6.45) is 1.79. The molecular weight excluding hydrogens is 292 g/mol. The zero-order chi connectivity index (χ0) is 17.0. The van der Waals surface area contributed by atoms with E-state index in [1.807, 2.05) is 26.0 Å². The fourth-order valence-corrected chi connectivity index (χ4v) is 3.24. The third kappa shape index (κ3) is 4.16. The van der Waals surface area contributed by atoms with Crippen LogP contribution in [0.4, 0.5) is 0 Å². The van der Waals surface area contributed by atoms with Crippen LogP contribution in [0.1, 0.15) is 43.9 Å². The van der Waals surface area contributed by atoms with Crippen molar-refractivity contribution in [3.8, 4) is 11.5 Å². The largest absolute Gasteiger partial charge is 0.493 e. The maximum atomic E-state index is 12.5. The number of piperidine rings is 1. The van der Waals surface area contributed by atoms with E-state index >= 15 is 0 Å². The summed E-state index contributed by atoms with van der Waals surface area (Å²) >= 11 is 0. The molecule has 1 amide bonds. The van der Waals surface area contributed by atoms with E-state index in [9.17, 15) is 4.79 Å².